The van der Waals surface area contributed by atoms with Crippen LogP contribution in [-0.4, -0.2) is 6.10 Å². The second kappa shape index (κ2) is 6.75. The van der Waals surface area contributed by atoms with E-state index in [2.05, 4.69) is 21.2 Å². The molecular weight excluding hydrogens is 321 g/mol. The van der Waals surface area contributed by atoms with Crippen LogP contribution >= 0.6 is 15.9 Å². The van der Waals surface area contributed by atoms with E-state index in [9.17, 15) is 4.39 Å². The molecule has 0 saturated heterocycles. The average Bonchev–Trinajstić information content (AvgIpc) is 2.41. The summed E-state index contributed by atoms with van der Waals surface area (Å²) in [5, 5.41) is 3.27. The van der Waals surface area contributed by atoms with E-state index in [4.69, 9.17) is 4.74 Å². The minimum atomic E-state index is -0.265. The highest BCUT2D eigenvalue weighted by Gasteiger charge is 2.05. The summed E-state index contributed by atoms with van der Waals surface area (Å²) >= 11 is 3.18. The lowest BCUT2D eigenvalue weighted by Gasteiger charge is -2.15. The standard InChI is InChI=1S/C16H17BrFNO/c1-11(2)20-16-6-4-3-5-12(16)10-19-13-7-8-15(18)14(17)9-13/h3-9,11,19H,10H2,1-2H3. The van der Waals surface area contributed by atoms with Gasteiger partial charge in [0.15, 0.2) is 0 Å². The van der Waals surface area contributed by atoms with Crippen molar-refractivity contribution in [2.75, 3.05) is 5.32 Å². The zero-order valence-corrected chi connectivity index (χ0v) is 13.1. The predicted molar refractivity (Wildman–Crippen MR) is 83.6 cm³/mol. The van der Waals surface area contributed by atoms with Crippen molar-refractivity contribution in [2.24, 2.45) is 0 Å². The summed E-state index contributed by atoms with van der Waals surface area (Å²) in [5.74, 6) is 0.607. The van der Waals surface area contributed by atoms with E-state index in [0.29, 0.717) is 11.0 Å². The fourth-order valence-electron chi connectivity index (χ4n) is 1.82. The van der Waals surface area contributed by atoms with Gasteiger partial charge in [-0.05, 0) is 54.0 Å². The summed E-state index contributed by atoms with van der Waals surface area (Å²) < 4.78 is 19.4. The lowest BCUT2D eigenvalue weighted by molar-refractivity contribution is 0.240. The van der Waals surface area contributed by atoms with Crippen molar-refractivity contribution in [1.82, 2.24) is 0 Å². The molecule has 0 aliphatic carbocycles. The van der Waals surface area contributed by atoms with Crippen LogP contribution in [0.3, 0.4) is 0 Å². The van der Waals surface area contributed by atoms with E-state index in [-0.39, 0.29) is 11.9 Å². The van der Waals surface area contributed by atoms with Gasteiger partial charge in [-0.3, -0.25) is 0 Å². The minimum Gasteiger partial charge on any atom is -0.491 e. The van der Waals surface area contributed by atoms with Gasteiger partial charge in [0.05, 0.1) is 10.6 Å². The average molecular weight is 338 g/mol. The fraction of sp³-hybridized carbons (Fsp3) is 0.250. The summed E-state index contributed by atoms with van der Waals surface area (Å²) in [7, 11) is 0. The molecule has 0 saturated carbocycles. The number of hydrogen-bond donors (Lipinski definition) is 1. The lowest BCUT2D eigenvalue weighted by atomic mass is 10.2. The number of anilines is 1. The Morgan fingerprint density at radius 2 is 1.95 bits per heavy atom. The molecule has 0 bridgehead atoms. The molecule has 0 aliphatic rings. The molecule has 0 fully saturated rings. The van der Waals surface area contributed by atoms with Crippen molar-refractivity contribution >= 4 is 21.6 Å². The van der Waals surface area contributed by atoms with Gasteiger partial charge in [0.2, 0.25) is 0 Å². The van der Waals surface area contributed by atoms with Gasteiger partial charge >= 0.3 is 0 Å². The lowest BCUT2D eigenvalue weighted by Crippen LogP contribution is -2.09. The maximum Gasteiger partial charge on any atom is 0.137 e. The quantitative estimate of drug-likeness (QED) is 0.829. The van der Waals surface area contributed by atoms with E-state index in [0.717, 1.165) is 17.0 Å². The molecule has 0 atom stereocenters. The van der Waals surface area contributed by atoms with Crippen LogP contribution in [0.4, 0.5) is 10.1 Å². The third-order valence-corrected chi connectivity index (χ3v) is 3.35. The summed E-state index contributed by atoms with van der Waals surface area (Å²) in [6.45, 7) is 4.63. The Labute approximate surface area is 127 Å². The van der Waals surface area contributed by atoms with E-state index < -0.39 is 0 Å². The van der Waals surface area contributed by atoms with Gasteiger partial charge in [-0.1, -0.05) is 18.2 Å². The van der Waals surface area contributed by atoms with Crippen molar-refractivity contribution < 1.29 is 9.13 Å². The van der Waals surface area contributed by atoms with E-state index >= 15 is 0 Å². The Balaban J connectivity index is 2.08. The van der Waals surface area contributed by atoms with Crippen LogP contribution in [0.2, 0.25) is 0 Å². The van der Waals surface area contributed by atoms with Crippen molar-refractivity contribution in [3.63, 3.8) is 0 Å². The highest BCUT2D eigenvalue weighted by Crippen LogP contribution is 2.23. The van der Waals surface area contributed by atoms with Crippen LogP contribution in [0.15, 0.2) is 46.9 Å². The first kappa shape index (κ1) is 14.9. The summed E-state index contributed by atoms with van der Waals surface area (Å²) in [6.07, 6.45) is 0.135. The summed E-state index contributed by atoms with van der Waals surface area (Å²) in [6, 6.07) is 12.8. The number of halogens is 2. The second-order valence-corrected chi connectivity index (χ2v) is 5.61. The highest BCUT2D eigenvalue weighted by molar-refractivity contribution is 9.10. The van der Waals surface area contributed by atoms with Gasteiger partial charge in [-0.2, -0.15) is 0 Å². The molecule has 2 aromatic carbocycles. The molecule has 0 aliphatic heterocycles. The van der Waals surface area contributed by atoms with Gasteiger partial charge in [-0.15, -0.1) is 0 Å². The molecule has 20 heavy (non-hydrogen) atoms. The molecule has 0 spiro atoms. The molecule has 0 radical (unpaired) electrons. The Morgan fingerprint density at radius 3 is 2.65 bits per heavy atom. The van der Waals surface area contributed by atoms with Crippen molar-refractivity contribution in [3.8, 4) is 5.75 Å². The van der Waals surface area contributed by atoms with E-state index in [1.54, 1.807) is 12.1 Å². The van der Waals surface area contributed by atoms with Gasteiger partial charge in [-0.25, -0.2) is 4.39 Å². The van der Waals surface area contributed by atoms with Gasteiger partial charge in [0.1, 0.15) is 11.6 Å². The molecule has 2 nitrogen and oxygen atoms in total. The number of benzene rings is 2. The van der Waals surface area contributed by atoms with Crippen LogP contribution in [-0.2, 0) is 6.54 Å². The molecule has 0 amide bonds. The van der Waals surface area contributed by atoms with Crippen LogP contribution in [0.5, 0.6) is 5.75 Å². The Kier molecular flexibility index (Phi) is 5.01. The third kappa shape index (κ3) is 3.97. The first-order chi connectivity index (χ1) is 9.56. The zero-order chi connectivity index (χ0) is 14.5. The van der Waals surface area contributed by atoms with Crippen LogP contribution in [0, 0.1) is 5.82 Å². The first-order valence-corrected chi connectivity index (χ1v) is 7.29. The maximum absolute atomic E-state index is 13.2. The van der Waals surface area contributed by atoms with Crippen molar-refractivity contribution in [1.29, 1.82) is 0 Å². The third-order valence-electron chi connectivity index (χ3n) is 2.74. The Bertz CT molecular complexity index is 586. The van der Waals surface area contributed by atoms with Crippen LogP contribution in [0.25, 0.3) is 0 Å². The van der Waals surface area contributed by atoms with Gasteiger partial charge in [0.25, 0.3) is 0 Å². The Hall–Kier alpha value is -1.55. The molecule has 2 aromatic rings. The monoisotopic (exact) mass is 337 g/mol. The zero-order valence-electron chi connectivity index (χ0n) is 11.5. The molecule has 4 heteroatoms. The molecule has 0 heterocycles. The SMILES string of the molecule is CC(C)Oc1ccccc1CNc1ccc(F)c(Br)c1. The number of nitrogens with one attached hydrogen (secondary N) is 1. The van der Waals surface area contributed by atoms with Crippen LogP contribution in [0.1, 0.15) is 19.4 Å². The molecule has 0 aromatic heterocycles. The maximum atomic E-state index is 13.2. The first-order valence-electron chi connectivity index (χ1n) is 6.49. The Morgan fingerprint density at radius 1 is 1.20 bits per heavy atom. The fourth-order valence-corrected chi connectivity index (χ4v) is 2.20. The van der Waals surface area contributed by atoms with Crippen LogP contribution < -0.4 is 10.1 Å². The van der Waals surface area contributed by atoms with Gasteiger partial charge < -0.3 is 10.1 Å². The smallest absolute Gasteiger partial charge is 0.137 e. The molecule has 1 N–H and O–H groups in total. The number of hydrogen-bond acceptors (Lipinski definition) is 2. The van der Waals surface area contributed by atoms with Crippen molar-refractivity contribution in [2.45, 2.75) is 26.5 Å². The number of para-hydroxylation sites is 1. The predicted octanol–water partition coefficient (Wildman–Crippen LogP) is 4.99. The number of rotatable bonds is 5. The van der Waals surface area contributed by atoms with Crippen molar-refractivity contribution in [3.05, 3.63) is 58.3 Å². The highest BCUT2D eigenvalue weighted by atomic mass is 79.9. The largest absolute Gasteiger partial charge is 0.491 e. The molecular formula is C16H17BrFNO. The molecule has 2 rings (SSSR count). The summed E-state index contributed by atoms with van der Waals surface area (Å²) in [4.78, 5) is 0. The molecule has 0 unspecified atom stereocenters. The van der Waals surface area contributed by atoms with E-state index in [1.165, 1.54) is 6.07 Å². The molecule has 106 valence electrons. The van der Waals surface area contributed by atoms with E-state index in [1.807, 2.05) is 38.1 Å². The normalized spacial score (nSPS) is 10.7. The summed E-state index contributed by atoms with van der Waals surface area (Å²) in [5.41, 5.74) is 1.93. The second-order valence-electron chi connectivity index (χ2n) is 4.76. The number of ether oxygens (including phenoxy) is 1. The minimum absolute atomic E-state index is 0.135. The van der Waals surface area contributed by atoms with Gasteiger partial charge in [0, 0.05) is 17.8 Å². The topological polar surface area (TPSA) is 21.3 Å².